The zero-order chi connectivity index (χ0) is 14.3. The fourth-order valence-electron chi connectivity index (χ4n) is 1.65. The second kappa shape index (κ2) is 7.83. The van der Waals surface area contributed by atoms with E-state index in [1.807, 2.05) is 0 Å². The first-order valence-corrected chi connectivity index (χ1v) is 6.68. The summed E-state index contributed by atoms with van der Waals surface area (Å²) in [5.74, 6) is -0.219. The van der Waals surface area contributed by atoms with Crippen molar-refractivity contribution in [2.24, 2.45) is 0 Å². The molecule has 1 saturated heterocycles. The van der Waals surface area contributed by atoms with Crippen molar-refractivity contribution in [2.75, 3.05) is 38.7 Å². The average molecular weight is 292 g/mol. The number of rotatable bonds is 3. The molecule has 19 heavy (non-hydrogen) atoms. The maximum atomic E-state index is 11.7. The van der Waals surface area contributed by atoms with Crippen LogP contribution >= 0.6 is 11.6 Å². The van der Waals surface area contributed by atoms with Crippen LogP contribution in [0.1, 0.15) is 13.3 Å². The predicted octanol–water partition coefficient (Wildman–Crippen LogP) is 0.626. The van der Waals surface area contributed by atoms with Gasteiger partial charge in [0.25, 0.3) is 0 Å². The van der Waals surface area contributed by atoms with E-state index in [9.17, 15) is 14.4 Å². The van der Waals surface area contributed by atoms with Gasteiger partial charge in [0, 0.05) is 38.5 Å². The Kier molecular flexibility index (Phi) is 6.41. The lowest BCUT2D eigenvalue weighted by molar-refractivity contribution is -0.119. The van der Waals surface area contributed by atoms with E-state index in [1.54, 1.807) is 6.92 Å². The first kappa shape index (κ1) is 15.6. The molecule has 0 spiro atoms. The molecule has 108 valence electrons. The van der Waals surface area contributed by atoms with Crippen LogP contribution in [-0.4, -0.2) is 66.5 Å². The van der Waals surface area contributed by atoms with Gasteiger partial charge in [0.15, 0.2) is 0 Å². The van der Waals surface area contributed by atoms with Crippen LogP contribution in [0.3, 0.4) is 0 Å². The number of imide groups is 1. The number of carbonyl (C=O) groups excluding carboxylic acids is 3. The van der Waals surface area contributed by atoms with E-state index >= 15 is 0 Å². The Morgan fingerprint density at radius 3 is 2.26 bits per heavy atom. The molecule has 1 rings (SSSR count). The number of alkyl halides is 1. The first-order valence-electron chi connectivity index (χ1n) is 6.15. The number of nitrogens with one attached hydrogen (secondary N) is 1. The third kappa shape index (κ3) is 4.94. The Hall–Kier alpha value is -1.50. The van der Waals surface area contributed by atoms with Gasteiger partial charge in [-0.05, 0) is 6.92 Å². The van der Waals surface area contributed by atoms with Gasteiger partial charge in [-0.25, -0.2) is 9.59 Å². The number of urea groups is 1. The Morgan fingerprint density at radius 2 is 1.74 bits per heavy atom. The van der Waals surface area contributed by atoms with Crippen molar-refractivity contribution in [2.45, 2.75) is 13.3 Å². The van der Waals surface area contributed by atoms with Crippen molar-refractivity contribution < 1.29 is 19.1 Å². The van der Waals surface area contributed by atoms with Gasteiger partial charge in [-0.1, -0.05) is 0 Å². The van der Waals surface area contributed by atoms with Crippen molar-refractivity contribution >= 4 is 29.6 Å². The lowest BCUT2D eigenvalue weighted by Crippen LogP contribution is -2.54. The van der Waals surface area contributed by atoms with Crippen molar-refractivity contribution in [3.05, 3.63) is 0 Å². The van der Waals surface area contributed by atoms with Crippen LogP contribution in [0.2, 0.25) is 0 Å². The summed E-state index contributed by atoms with van der Waals surface area (Å²) >= 11 is 5.41. The molecule has 1 aliphatic heterocycles. The van der Waals surface area contributed by atoms with Gasteiger partial charge in [-0.3, -0.25) is 10.1 Å². The van der Waals surface area contributed by atoms with E-state index in [0.717, 1.165) is 0 Å². The monoisotopic (exact) mass is 291 g/mol. The maximum Gasteiger partial charge on any atom is 0.409 e. The molecule has 0 aromatic rings. The van der Waals surface area contributed by atoms with Gasteiger partial charge in [0.1, 0.15) is 0 Å². The smallest absolute Gasteiger partial charge is 0.409 e. The summed E-state index contributed by atoms with van der Waals surface area (Å²) < 4.78 is 4.87. The zero-order valence-electron chi connectivity index (χ0n) is 10.9. The minimum Gasteiger partial charge on any atom is -0.450 e. The van der Waals surface area contributed by atoms with Crippen LogP contribution < -0.4 is 5.32 Å². The molecule has 1 aliphatic rings. The van der Waals surface area contributed by atoms with Gasteiger partial charge in [0.05, 0.1) is 6.61 Å². The van der Waals surface area contributed by atoms with Gasteiger partial charge in [-0.2, -0.15) is 0 Å². The molecule has 7 nitrogen and oxygen atoms in total. The van der Waals surface area contributed by atoms with Crippen molar-refractivity contribution in [3.63, 3.8) is 0 Å². The van der Waals surface area contributed by atoms with Crippen LogP contribution in [0, 0.1) is 0 Å². The summed E-state index contributed by atoms with van der Waals surface area (Å²) in [6, 6.07) is -0.446. The summed E-state index contributed by atoms with van der Waals surface area (Å²) in [6.07, 6.45) is -0.267. The van der Waals surface area contributed by atoms with Crippen LogP contribution in [0.5, 0.6) is 0 Å². The number of hydrogen-bond acceptors (Lipinski definition) is 4. The topological polar surface area (TPSA) is 79.0 Å². The molecule has 0 atom stereocenters. The van der Waals surface area contributed by atoms with Crippen molar-refractivity contribution in [1.82, 2.24) is 15.1 Å². The Balaban J connectivity index is 2.35. The van der Waals surface area contributed by atoms with Gasteiger partial charge in [0.2, 0.25) is 5.91 Å². The van der Waals surface area contributed by atoms with E-state index in [-0.39, 0.29) is 18.4 Å². The van der Waals surface area contributed by atoms with Crippen LogP contribution in [0.25, 0.3) is 0 Å². The van der Waals surface area contributed by atoms with E-state index in [0.29, 0.717) is 32.8 Å². The molecule has 0 unspecified atom stereocenters. The number of carbonyl (C=O) groups is 3. The Morgan fingerprint density at radius 1 is 1.16 bits per heavy atom. The van der Waals surface area contributed by atoms with Gasteiger partial charge >= 0.3 is 12.1 Å². The Labute approximate surface area is 116 Å². The molecule has 0 aromatic carbocycles. The molecule has 8 heteroatoms. The van der Waals surface area contributed by atoms with Gasteiger partial charge in [-0.15, -0.1) is 11.6 Å². The van der Waals surface area contributed by atoms with E-state index < -0.39 is 11.9 Å². The number of hydrogen-bond donors (Lipinski definition) is 1. The number of amides is 4. The highest BCUT2D eigenvalue weighted by Gasteiger charge is 2.25. The zero-order valence-corrected chi connectivity index (χ0v) is 11.6. The summed E-state index contributed by atoms with van der Waals surface area (Å²) in [6.45, 7) is 3.61. The molecule has 1 N–H and O–H groups in total. The number of halogens is 1. The second-order valence-electron chi connectivity index (χ2n) is 3.97. The van der Waals surface area contributed by atoms with Crippen molar-refractivity contribution in [3.8, 4) is 0 Å². The minimum absolute atomic E-state index is 0.107. The molecular formula is C11H18ClN3O4. The summed E-state index contributed by atoms with van der Waals surface area (Å²) in [4.78, 5) is 37.4. The summed E-state index contributed by atoms with van der Waals surface area (Å²) in [5, 5.41) is 2.25. The van der Waals surface area contributed by atoms with Gasteiger partial charge < -0.3 is 14.5 Å². The summed E-state index contributed by atoms with van der Waals surface area (Å²) in [7, 11) is 0. The lowest BCUT2D eigenvalue weighted by Gasteiger charge is -2.33. The predicted molar refractivity (Wildman–Crippen MR) is 69.0 cm³/mol. The molecule has 1 heterocycles. The number of piperazine rings is 1. The molecule has 0 bridgehead atoms. The quantitative estimate of drug-likeness (QED) is 0.773. The molecule has 1 fully saturated rings. The maximum absolute atomic E-state index is 11.7. The van der Waals surface area contributed by atoms with E-state index in [1.165, 1.54) is 9.80 Å². The van der Waals surface area contributed by atoms with E-state index in [2.05, 4.69) is 5.32 Å². The second-order valence-corrected chi connectivity index (χ2v) is 4.34. The van der Waals surface area contributed by atoms with E-state index in [4.69, 9.17) is 16.3 Å². The molecule has 0 aliphatic carbocycles. The van der Waals surface area contributed by atoms with Crippen LogP contribution in [-0.2, 0) is 9.53 Å². The normalized spacial score (nSPS) is 15.1. The lowest BCUT2D eigenvalue weighted by atomic mass is 10.3. The fraction of sp³-hybridized carbons (Fsp3) is 0.727. The minimum atomic E-state index is -0.446. The van der Waals surface area contributed by atoms with Crippen LogP contribution in [0.15, 0.2) is 0 Å². The Bertz CT molecular complexity index is 343. The average Bonchev–Trinajstić information content (AvgIpc) is 2.39. The largest absolute Gasteiger partial charge is 0.450 e. The van der Waals surface area contributed by atoms with Crippen molar-refractivity contribution in [1.29, 1.82) is 0 Å². The molecule has 0 saturated carbocycles. The highest BCUT2D eigenvalue weighted by molar-refractivity contribution is 6.19. The molecule has 4 amide bonds. The number of ether oxygens (including phenoxy) is 1. The number of nitrogens with zero attached hydrogens (tertiary/aromatic N) is 2. The van der Waals surface area contributed by atoms with Crippen LogP contribution in [0.4, 0.5) is 9.59 Å². The standard InChI is InChI=1S/C11H18ClN3O4/c1-2-19-11(18)15-7-5-14(6-8-15)10(17)13-9(16)3-4-12/h2-8H2,1H3,(H,13,16,17). The molecular weight excluding hydrogens is 274 g/mol. The molecule has 0 aromatic heterocycles. The SMILES string of the molecule is CCOC(=O)N1CCN(C(=O)NC(=O)CCCl)CC1. The fourth-order valence-corrected chi connectivity index (χ4v) is 1.83. The first-order chi connectivity index (χ1) is 9.08. The molecule has 0 radical (unpaired) electrons. The highest BCUT2D eigenvalue weighted by atomic mass is 35.5. The third-order valence-electron chi connectivity index (χ3n) is 2.66. The third-order valence-corrected chi connectivity index (χ3v) is 2.85. The highest BCUT2D eigenvalue weighted by Crippen LogP contribution is 2.04. The summed E-state index contributed by atoms with van der Waals surface area (Å²) in [5.41, 5.74) is 0.